The maximum absolute atomic E-state index is 14.4. The van der Waals surface area contributed by atoms with Crippen LogP contribution in [-0.2, 0) is 24.2 Å². The van der Waals surface area contributed by atoms with Crippen LogP contribution in [0.15, 0.2) is 48.9 Å². The summed E-state index contributed by atoms with van der Waals surface area (Å²) >= 11 is 0. The maximum atomic E-state index is 14.4. The second kappa shape index (κ2) is 12.8. The number of carbonyl (C=O) groups is 1. The Morgan fingerprint density at radius 1 is 1.24 bits per heavy atom. The SMILES string of the molecule is CCC[C@H](N[C@H]1CCc2cc(F)cc(F)c2C1)C(=O)Nc1cn(-c2ccccc2CNCC2(C)CCN(C)C2)cn1. The number of carbonyl (C=O) groups excluding carboxylic acids is 1. The summed E-state index contributed by atoms with van der Waals surface area (Å²) < 4.78 is 30.0. The molecule has 0 saturated carbocycles. The number of nitrogens with one attached hydrogen (secondary N) is 3. The van der Waals surface area contributed by atoms with E-state index in [9.17, 15) is 13.6 Å². The molecule has 1 aromatic heterocycles. The van der Waals surface area contributed by atoms with Gasteiger partial charge in [-0.1, -0.05) is 38.5 Å². The number of rotatable bonds is 11. The standard InChI is InChI=1S/C32H42F2N6O/c1-4-7-28(37-25-11-10-22-14-24(33)15-27(34)26(22)16-25)31(41)38-30-18-40(21-36-30)29-9-6-5-8-23(29)17-35-19-32(2)12-13-39(3)20-32/h5-6,8-9,14-15,18,21,25,28,35,37H,4,7,10-13,16-17,19-20H2,1-3H3,(H,38,41)/t25-,28-,32?/m0/s1. The van der Waals surface area contributed by atoms with Crippen molar-refractivity contribution in [2.75, 3.05) is 32.0 Å². The third-order valence-electron chi connectivity index (χ3n) is 8.52. The number of anilines is 1. The van der Waals surface area contributed by atoms with Crippen molar-refractivity contribution < 1.29 is 13.6 Å². The highest BCUT2D eigenvalue weighted by Gasteiger charge is 2.31. The average Bonchev–Trinajstić information content (AvgIpc) is 3.54. The second-order valence-corrected chi connectivity index (χ2v) is 12.2. The van der Waals surface area contributed by atoms with E-state index in [4.69, 9.17) is 0 Å². The van der Waals surface area contributed by atoms with Crippen LogP contribution in [0.2, 0.25) is 0 Å². The lowest BCUT2D eigenvalue weighted by molar-refractivity contribution is -0.118. The van der Waals surface area contributed by atoms with Crippen LogP contribution in [0.1, 0.15) is 56.2 Å². The summed E-state index contributed by atoms with van der Waals surface area (Å²) in [6.45, 7) is 8.32. The van der Waals surface area contributed by atoms with Crippen LogP contribution in [-0.4, -0.2) is 59.1 Å². The number of likely N-dealkylation sites (tertiary alicyclic amines) is 1. The number of fused-ring (bicyclic) bond motifs is 1. The molecule has 220 valence electrons. The molecule has 1 saturated heterocycles. The van der Waals surface area contributed by atoms with Gasteiger partial charge in [0.25, 0.3) is 0 Å². The summed E-state index contributed by atoms with van der Waals surface area (Å²) in [7, 11) is 2.18. The third-order valence-corrected chi connectivity index (χ3v) is 8.52. The van der Waals surface area contributed by atoms with Gasteiger partial charge >= 0.3 is 0 Å². The summed E-state index contributed by atoms with van der Waals surface area (Å²) in [6.07, 6.45) is 7.96. The van der Waals surface area contributed by atoms with Crippen LogP contribution >= 0.6 is 0 Å². The Bertz CT molecular complexity index is 1360. The number of para-hydroxylation sites is 1. The van der Waals surface area contributed by atoms with Gasteiger partial charge in [0.1, 0.15) is 18.0 Å². The highest BCUT2D eigenvalue weighted by Crippen LogP contribution is 2.28. The molecule has 41 heavy (non-hydrogen) atoms. The number of aromatic nitrogens is 2. The molecule has 0 radical (unpaired) electrons. The zero-order valence-corrected chi connectivity index (χ0v) is 24.4. The Kier molecular flexibility index (Phi) is 9.16. The lowest BCUT2D eigenvalue weighted by atomic mass is 9.87. The van der Waals surface area contributed by atoms with E-state index >= 15 is 0 Å². The molecule has 3 aromatic rings. The molecule has 9 heteroatoms. The quantitative estimate of drug-likeness (QED) is 0.311. The van der Waals surface area contributed by atoms with Gasteiger partial charge < -0.3 is 25.4 Å². The Hall–Kier alpha value is -3.14. The molecule has 5 rings (SSSR count). The summed E-state index contributed by atoms with van der Waals surface area (Å²) in [5.41, 5.74) is 3.73. The monoisotopic (exact) mass is 564 g/mol. The summed E-state index contributed by atoms with van der Waals surface area (Å²) in [5, 5.41) is 10.1. The topological polar surface area (TPSA) is 74.2 Å². The Morgan fingerprint density at radius 2 is 2.07 bits per heavy atom. The van der Waals surface area contributed by atoms with Gasteiger partial charge in [-0.05, 0) is 79.9 Å². The van der Waals surface area contributed by atoms with Gasteiger partial charge in [-0.15, -0.1) is 0 Å². The molecular formula is C32H42F2N6O. The molecule has 3 N–H and O–H groups in total. The van der Waals surface area contributed by atoms with E-state index < -0.39 is 17.7 Å². The van der Waals surface area contributed by atoms with E-state index in [0.29, 0.717) is 30.6 Å². The summed E-state index contributed by atoms with van der Waals surface area (Å²) in [5.74, 6) is -0.727. The summed E-state index contributed by atoms with van der Waals surface area (Å²) in [4.78, 5) is 20.2. The van der Waals surface area contributed by atoms with Crippen molar-refractivity contribution in [3.8, 4) is 5.69 Å². The average molecular weight is 565 g/mol. The molecule has 1 unspecified atom stereocenters. The molecule has 1 aliphatic heterocycles. The second-order valence-electron chi connectivity index (χ2n) is 12.2. The van der Waals surface area contributed by atoms with Gasteiger partial charge in [-0.2, -0.15) is 0 Å². The molecule has 2 aromatic carbocycles. The molecule has 1 amide bonds. The van der Waals surface area contributed by atoms with E-state index in [1.54, 1.807) is 6.33 Å². The molecular weight excluding hydrogens is 522 g/mol. The molecule has 0 spiro atoms. The minimum Gasteiger partial charge on any atom is -0.312 e. The van der Waals surface area contributed by atoms with E-state index in [0.717, 1.165) is 61.9 Å². The fourth-order valence-electron chi connectivity index (χ4n) is 6.35. The first-order chi connectivity index (χ1) is 19.7. The number of hydrogen-bond acceptors (Lipinski definition) is 5. The molecule has 2 heterocycles. The third kappa shape index (κ3) is 7.20. The smallest absolute Gasteiger partial charge is 0.242 e. The molecule has 0 bridgehead atoms. The van der Waals surface area contributed by atoms with Crippen molar-refractivity contribution in [1.29, 1.82) is 0 Å². The Balaban J connectivity index is 1.20. The van der Waals surface area contributed by atoms with E-state index in [2.05, 4.69) is 51.9 Å². The van der Waals surface area contributed by atoms with Crippen LogP contribution in [0, 0.1) is 17.0 Å². The maximum Gasteiger partial charge on any atom is 0.242 e. The van der Waals surface area contributed by atoms with Crippen LogP contribution in [0.3, 0.4) is 0 Å². The van der Waals surface area contributed by atoms with Gasteiger partial charge in [-0.25, -0.2) is 13.8 Å². The number of aryl methyl sites for hydroxylation is 1. The number of imidazole rings is 1. The van der Waals surface area contributed by atoms with E-state index in [1.807, 2.05) is 29.8 Å². The molecule has 1 fully saturated rings. The van der Waals surface area contributed by atoms with Crippen molar-refractivity contribution in [2.45, 2.75) is 71.0 Å². The van der Waals surface area contributed by atoms with Crippen molar-refractivity contribution in [3.05, 3.63) is 77.2 Å². The van der Waals surface area contributed by atoms with Gasteiger partial charge in [0.15, 0.2) is 5.82 Å². The largest absolute Gasteiger partial charge is 0.312 e. The minimum atomic E-state index is -0.541. The summed E-state index contributed by atoms with van der Waals surface area (Å²) in [6, 6.07) is 10.1. The first kappa shape index (κ1) is 29.4. The molecule has 3 atom stereocenters. The molecule has 2 aliphatic rings. The number of halogens is 2. The number of nitrogens with zero attached hydrogens (tertiary/aromatic N) is 3. The van der Waals surface area contributed by atoms with Crippen molar-refractivity contribution in [1.82, 2.24) is 25.1 Å². The normalized spacial score (nSPS) is 21.5. The van der Waals surface area contributed by atoms with Gasteiger partial charge in [-0.3, -0.25) is 4.79 Å². The van der Waals surface area contributed by atoms with E-state index in [1.165, 1.54) is 12.5 Å². The van der Waals surface area contributed by atoms with Crippen molar-refractivity contribution >= 4 is 11.7 Å². The fourth-order valence-corrected chi connectivity index (χ4v) is 6.35. The highest BCUT2D eigenvalue weighted by atomic mass is 19.1. The van der Waals surface area contributed by atoms with Crippen molar-refractivity contribution in [2.24, 2.45) is 5.41 Å². The lowest BCUT2D eigenvalue weighted by Crippen LogP contribution is -2.48. The van der Waals surface area contributed by atoms with Gasteiger partial charge in [0.05, 0.1) is 17.9 Å². The first-order valence-corrected chi connectivity index (χ1v) is 14.8. The Labute approximate surface area is 241 Å². The van der Waals surface area contributed by atoms with E-state index in [-0.39, 0.29) is 17.4 Å². The predicted molar refractivity (Wildman–Crippen MR) is 158 cm³/mol. The van der Waals surface area contributed by atoms with Crippen LogP contribution in [0.5, 0.6) is 0 Å². The molecule has 1 aliphatic carbocycles. The lowest BCUT2D eigenvalue weighted by Gasteiger charge is -2.29. The van der Waals surface area contributed by atoms with Gasteiger partial charge in [0.2, 0.25) is 5.91 Å². The molecule has 7 nitrogen and oxygen atoms in total. The highest BCUT2D eigenvalue weighted by molar-refractivity contribution is 5.94. The van der Waals surface area contributed by atoms with Gasteiger partial charge in [0, 0.05) is 31.7 Å². The number of amides is 1. The number of hydrogen-bond donors (Lipinski definition) is 3. The fraction of sp³-hybridized carbons (Fsp3) is 0.500. The van der Waals surface area contributed by atoms with Crippen LogP contribution in [0.4, 0.5) is 14.6 Å². The minimum absolute atomic E-state index is 0.0615. The van der Waals surface area contributed by atoms with Crippen molar-refractivity contribution in [3.63, 3.8) is 0 Å². The predicted octanol–water partition coefficient (Wildman–Crippen LogP) is 4.84. The van der Waals surface area contributed by atoms with Crippen LogP contribution < -0.4 is 16.0 Å². The zero-order chi connectivity index (χ0) is 29.0. The van der Waals surface area contributed by atoms with Crippen LogP contribution in [0.25, 0.3) is 5.69 Å². The zero-order valence-electron chi connectivity index (χ0n) is 24.4. The first-order valence-electron chi connectivity index (χ1n) is 14.8. The Morgan fingerprint density at radius 3 is 2.85 bits per heavy atom. The number of benzene rings is 2.